The number of sulfonamides is 1. The summed E-state index contributed by atoms with van der Waals surface area (Å²) in [4.78, 5) is 24.7. The van der Waals surface area contributed by atoms with Gasteiger partial charge in [-0.15, -0.1) is 0 Å². The number of nitrogens with zero attached hydrogens (tertiary/aromatic N) is 1. The molecule has 4 aromatic rings. The molecule has 0 radical (unpaired) electrons. The molecule has 35 heavy (non-hydrogen) atoms. The first kappa shape index (κ1) is 23.0. The molecule has 0 spiro atoms. The van der Waals surface area contributed by atoms with Gasteiger partial charge in [0, 0.05) is 30.2 Å². The van der Waals surface area contributed by atoms with Gasteiger partial charge in [-0.25, -0.2) is 13.2 Å². The Labute approximate surface area is 200 Å². The van der Waals surface area contributed by atoms with E-state index in [1.807, 2.05) is 12.1 Å². The molecule has 1 saturated heterocycles. The van der Waals surface area contributed by atoms with Crippen LogP contribution >= 0.6 is 0 Å². The van der Waals surface area contributed by atoms with E-state index in [9.17, 15) is 18.0 Å². The van der Waals surface area contributed by atoms with Gasteiger partial charge in [0.1, 0.15) is 11.3 Å². The van der Waals surface area contributed by atoms with E-state index in [4.69, 9.17) is 13.9 Å². The molecule has 2 heterocycles. The Hall–Kier alpha value is -3.73. The second-order valence-electron chi connectivity index (χ2n) is 7.97. The van der Waals surface area contributed by atoms with Crippen LogP contribution in [-0.2, 0) is 19.6 Å². The lowest BCUT2D eigenvalue weighted by Gasteiger charge is -2.26. The van der Waals surface area contributed by atoms with Crippen LogP contribution in [0.15, 0.2) is 80.8 Å². The van der Waals surface area contributed by atoms with Crippen LogP contribution in [0.2, 0.25) is 0 Å². The Morgan fingerprint density at radius 2 is 1.66 bits per heavy atom. The van der Waals surface area contributed by atoms with Crippen molar-refractivity contribution in [3.63, 3.8) is 0 Å². The number of morpholine rings is 1. The second kappa shape index (κ2) is 9.49. The highest BCUT2D eigenvalue weighted by atomic mass is 32.2. The summed E-state index contributed by atoms with van der Waals surface area (Å²) in [5, 5.41) is 4.72. The quantitative estimate of drug-likeness (QED) is 0.324. The second-order valence-corrected chi connectivity index (χ2v) is 9.91. The molecule has 1 fully saturated rings. The molecular weight excluding hydrogens is 472 g/mol. The molecule has 180 valence electrons. The molecule has 0 atom stereocenters. The normalized spacial score (nSPS) is 14.7. The number of hydrogen-bond donors (Lipinski definition) is 1. The number of amides is 1. The van der Waals surface area contributed by atoms with Crippen molar-refractivity contribution in [2.24, 2.45) is 0 Å². The van der Waals surface area contributed by atoms with Crippen molar-refractivity contribution in [2.45, 2.75) is 4.90 Å². The van der Waals surface area contributed by atoms with E-state index in [2.05, 4.69) is 5.32 Å². The van der Waals surface area contributed by atoms with Crippen LogP contribution in [0.5, 0.6) is 5.75 Å². The van der Waals surface area contributed by atoms with Crippen LogP contribution < -0.4 is 15.7 Å². The predicted molar refractivity (Wildman–Crippen MR) is 130 cm³/mol. The maximum Gasteiger partial charge on any atom is 0.344 e. The third-order valence-electron chi connectivity index (χ3n) is 5.71. The number of rotatable bonds is 6. The van der Waals surface area contributed by atoms with Crippen LogP contribution in [0, 0.1) is 0 Å². The molecule has 0 aliphatic carbocycles. The number of carbonyl (C=O) groups excluding carboxylic acids is 1. The van der Waals surface area contributed by atoms with Crippen molar-refractivity contribution in [1.29, 1.82) is 0 Å². The summed E-state index contributed by atoms with van der Waals surface area (Å²) in [7, 11) is -3.60. The minimum atomic E-state index is -3.60. The topological polar surface area (TPSA) is 115 Å². The van der Waals surface area contributed by atoms with Gasteiger partial charge in [-0.3, -0.25) is 4.79 Å². The zero-order chi connectivity index (χ0) is 24.4. The zero-order valence-electron chi connectivity index (χ0n) is 18.6. The summed E-state index contributed by atoms with van der Waals surface area (Å²) in [6.07, 6.45) is 0. The monoisotopic (exact) mass is 494 g/mol. The van der Waals surface area contributed by atoms with Gasteiger partial charge >= 0.3 is 5.63 Å². The van der Waals surface area contributed by atoms with Gasteiger partial charge in [0.2, 0.25) is 10.0 Å². The van der Waals surface area contributed by atoms with Crippen molar-refractivity contribution in [3.8, 4) is 5.75 Å². The fraction of sp³-hybridized carbons (Fsp3) is 0.200. The van der Waals surface area contributed by atoms with Gasteiger partial charge in [0.05, 0.1) is 23.5 Å². The van der Waals surface area contributed by atoms with Gasteiger partial charge in [0.15, 0.2) is 6.61 Å². The number of benzene rings is 3. The average Bonchev–Trinajstić information content (AvgIpc) is 2.88. The van der Waals surface area contributed by atoms with Crippen LogP contribution in [0.4, 0.5) is 5.69 Å². The molecule has 10 heteroatoms. The number of carbonyl (C=O) groups is 1. The summed E-state index contributed by atoms with van der Waals surface area (Å²) in [5.74, 6) is -0.0492. The summed E-state index contributed by atoms with van der Waals surface area (Å²) in [5.41, 5.74) is 0.362. The Kier molecular flexibility index (Phi) is 6.25. The molecule has 0 saturated carbocycles. The van der Waals surface area contributed by atoms with Gasteiger partial charge < -0.3 is 19.2 Å². The molecule has 3 aromatic carbocycles. The lowest BCUT2D eigenvalue weighted by molar-refractivity contribution is -0.118. The van der Waals surface area contributed by atoms with Gasteiger partial charge in [0.25, 0.3) is 5.91 Å². The molecule has 1 amide bonds. The first-order valence-corrected chi connectivity index (χ1v) is 12.4. The van der Waals surface area contributed by atoms with Crippen LogP contribution in [0.3, 0.4) is 0 Å². The number of hydrogen-bond acceptors (Lipinski definition) is 7. The first-order valence-electron chi connectivity index (χ1n) is 11.0. The van der Waals surface area contributed by atoms with Crippen molar-refractivity contribution < 1.29 is 27.1 Å². The van der Waals surface area contributed by atoms with Crippen LogP contribution in [0.1, 0.15) is 0 Å². The van der Waals surface area contributed by atoms with E-state index in [0.717, 1.165) is 10.8 Å². The molecule has 1 aliphatic heterocycles. The van der Waals surface area contributed by atoms with Crippen molar-refractivity contribution >= 4 is 43.4 Å². The molecule has 9 nitrogen and oxygen atoms in total. The highest BCUT2D eigenvalue weighted by Crippen LogP contribution is 2.26. The Bertz CT molecular complexity index is 1560. The predicted octanol–water partition coefficient (Wildman–Crippen LogP) is 2.98. The number of anilines is 1. The molecular formula is C25H22N2O7S. The van der Waals surface area contributed by atoms with Gasteiger partial charge in [-0.2, -0.15) is 4.31 Å². The summed E-state index contributed by atoms with van der Waals surface area (Å²) in [6, 6.07) is 18.2. The highest BCUT2D eigenvalue weighted by Gasteiger charge is 2.26. The fourth-order valence-electron chi connectivity index (χ4n) is 3.94. The Morgan fingerprint density at radius 1 is 0.943 bits per heavy atom. The molecule has 0 bridgehead atoms. The third kappa shape index (κ3) is 4.76. The minimum Gasteiger partial charge on any atom is -0.484 e. The molecule has 1 N–H and O–H groups in total. The average molecular weight is 495 g/mol. The third-order valence-corrected chi connectivity index (χ3v) is 7.62. The van der Waals surface area contributed by atoms with E-state index >= 15 is 0 Å². The molecule has 0 unspecified atom stereocenters. The minimum absolute atomic E-state index is 0.152. The fourth-order valence-corrected chi connectivity index (χ4v) is 5.35. The van der Waals surface area contributed by atoms with Crippen LogP contribution in [-0.4, -0.2) is 51.5 Å². The Balaban J connectivity index is 1.23. The smallest absolute Gasteiger partial charge is 0.344 e. The summed E-state index contributed by atoms with van der Waals surface area (Å²) < 4.78 is 43.0. The number of fused-ring (bicyclic) bond motifs is 3. The van der Waals surface area contributed by atoms with Crippen molar-refractivity contribution in [3.05, 3.63) is 77.2 Å². The SMILES string of the molecule is O=C(COc1ccc2c(c1)oc(=O)c1ccccc12)Nc1ccc(S(=O)(=O)N2CCOCC2)cc1. The van der Waals surface area contributed by atoms with Gasteiger partial charge in [-0.1, -0.05) is 18.2 Å². The van der Waals surface area contributed by atoms with E-state index in [1.165, 1.54) is 28.6 Å². The largest absolute Gasteiger partial charge is 0.484 e. The first-order chi connectivity index (χ1) is 16.9. The maximum atomic E-state index is 12.7. The van der Waals surface area contributed by atoms with E-state index in [-0.39, 0.29) is 11.5 Å². The zero-order valence-corrected chi connectivity index (χ0v) is 19.4. The highest BCUT2D eigenvalue weighted by molar-refractivity contribution is 7.89. The van der Waals surface area contributed by atoms with Crippen molar-refractivity contribution in [1.82, 2.24) is 4.31 Å². The van der Waals surface area contributed by atoms with E-state index < -0.39 is 21.6 Å². The summed E-state index contributed by atoms with van der Waals surface area (Å²) >= 11 is 0. The van der Waals surface area contributed by atoms with Crippen molar-refractivity contribution in [2.75, 3.05) is 38.2 Å². The Morgan fingerprint density at radius 3 is 2.40 bits per heavy atom. The van der Waals surface area contributed by atoms with Crippen LogP contribution in [0.25, 0.3) is 21.7 Å². The van der Waals surface area contributed by atoms with Gasteiger partial charge in [-0.05, 0) is 47.9 Å². The molecule has 1 aliphatic rings. The maximum absolute atomic E-state index is 12.7. The summed E-state index contributed by atoms with van der Waals surface area (Å²) in [6.45, 7) is 1.08. The van der Waals surface area contributed by atoms with E-state index in [1.54, 1.807) is 30.3 Å². The number of nitrogens with one attached hydrogen (secondary N) is 1. The lowest BCUT2D eigenvalue weighted by Crippen LogP contribution is -2.40. The molecule has 1 aromatic heterocycles. The number of ether oxygens (including phenoxy) is 2. The standard InChI is InChI=1S/C25H22N2O7S/c28-24(26-17-5-8-19(9-6-17)35(30,31)27-11-13-32-14-12-27)16-33-18-7-10-21-20-3-1-2-4-22(20)25(29)34-23(21)15-18/h1-10,15H,11-14,16H2,(H,26,28). The lowest BCUT2D eigenvalue weighted by atomic mass is 10.1. The molecule has 5 rings (SSSR count). The van der Waals surface area contributed by atoms with E-state index in [0.29, 0.717) is 48.7 Å².